The molecule has 0 radical (unpaired) electrons. The number of halogens is 3. The predicted octanol–water partition coefficient (Wildman–Crippen LogP) is 4.90. The standard InChI is InChI=1S/C19H19F3N4O/c1-10(2)26-17-13(9-23-26)7-15(12(4)24-17)18(27)25-14-6-5-11(3)16(8-14)19(20,21)22/h5-10H,1-4H3,(H,25,27). The van der Waals surface area contributed by atoms with Crippen molar-refractivity contribution in [1.82, 2.24) is 14.8 Å². The fourth-order valence-corrected chi connectivity index (χ4v) is 2.88. The van der Waals surface area contributed by atoms with Gasteiger partial charge in [-0.15, -0.1) is 0 Å². The van der Waals surface area contributed by atoms with E-state index in [4.69, 9.17) is 0 Å². The summed E-state index contributed by atoms with van der Waals surface area (Å²) in [5.41, 5.74) is 0.833. The van der Waals surface area contributed by atoms with Crippen LogP contribution in [0.2, 0.25) is 0 Å². The highest BCUT2D eigenvalue weighted by atomic mass is 19.4. The van der Waals surface area contributed by atoms with E-state index in [1.807, 2.05) is 13.8 Å². The van der Waals surface area contributed by atoms with Gasteiger partial charge in [-0.25, -0.2) is 9.67 Å². The van der Waals surface area contributed by atoms with Gasteiger partial charge in [0.15, 0.2) is 5.65 Å². The van der Waals surface area contributed by atoms with E-state index < -0.39 is 17.6 Å². The van der Waals surface area contributed by atoms with Crippen LogP contribution in [0.1, 0.15) is 47.1 Å². The first-order valence-corrected chi connectivity index (χ1v) is 8.42. The largest absolute Gasteiger partial charge is 0.416 e. The van der Waals surface area contributed by atoms with Crippen molar-refractivity contribution in [3.05, 3.63) is 52.8 Å². The minimum atomic E-state index is -4.48. The number of amides is 1. The number of nitrogens with one attached hydrogen (secondary N) is 1. The zero-order valence-corrected chi connectivity index (χ0v) is 15.3. The van der Waals surface area contributed by atoms with Crippen molar-refractivity contribution < 1.29 is 18.0 Å². The number of carbonyl (C=O) groups excluding carboxylic acids is 1. The Morgan fingerprint density at radius 3 is 2.52 bits per heavy atom. The van der Waals surface area contributed by atoms with Crippen LogP contribution in [0.5, 0.6) is 0 Å². The number of pyridine rings is 1. The average Bonchev–Trinajstić information content (AvgIpc) is 2.97. The third-order valence-corrected chi connectivity index (χ3v) is 4.29. The van der Waals surface area contributed by atoms with E-state index in [0.717, 1.165) is 6.07 Å². The maximum Gasteiger partial charge on any atom is 0.416 e. The molecule has 0 aliphatic rings. The number of hydrogen-bond donors (Lipinski definition) is 1. The molecule has 0 aliphatic carbocycles. The predicted molar refractivity (Wildman–Crippen MR) is 96.8 cm³/mol. The van der Waals surface area contributed by atoms with E-state index in [1.165, 1.54) is 19.1 Å². The van der Waals surface area contributed by atoms with Gasteiger partial charge in [-0.1, -0.05) is 6.07 Å². The Kier molecular flexibility index (Phi) is 4.67. The molecule has 0 bridgehead atoms. The lowest BCUT2D eigenvalue weighted by Crippen LogP contribution is -2.16. The molecule has 0 spiro atoms. The Morgan fingerprint density at radius 1 is 1.19 bits per heavy atom. The molecule has 0 saturated heterocycles. The van der Waals surface area contributed by atoms with Gasteiger partial charge in [0.1, 0.15) is 0 Å². The molecule has 0 aliphatic heterocycles. The Labute approximate surface area is 154 Å². The first kappa shape index (κ1) is 18.9. The Bertz CT molecular complexity index is 1020. The third kappa shape index (κ3) is 3.65. The molecule has 1 amide bonds. The number of carbonyl (C=O) groups is 1. The van der Waals surface area contributed by atoms with Gasteiger partial charge in [0, 0.05) is 17.1 Å². The lowest BCUT2D eigenvalue weighted by Gasteiger charge is -2.13. The highest BCUT2D eigenvalue weighted by Crippen LogP contribution is 2.33. The number of benzene rings is 1. The van der Waals surface area contributed by atoms with E-state index in [2.05, 4.69) is 15.4 Å². The summed E-state index contributed by atoms with van der Waals surface area (Å²) in [5, 5.41) is 7.49. The SMILES string of the molecule is Cc1ccc(NC(=O)c2cc3cnn(C(C)C)c3nc2C)cc1C(F)(F)F. The summed E-state index contributed by atoms with van der Waals surface area (Å²) < 4.78 is 40.9. The highest BCUT2D eigenvalue weighted by molar-refractivity contribution is 6.06. The fraction of sp³-hybridized carbons (Fsp3) is 0.316. The number of alkyl halides is 3. The quantitative estimate of drug-likeness (QED) is 0.707. The number of hydrogen-bond acceptors (Lipinski definition) is 3. The van der Waals surface area contributed by atoms with Crippen LogP contribution >= 0.6 is 0 Å². The Hall–Kier alpha value is -2.90. The smallest absolute Gasteiger partial charge is 0.322 e. The molecular formula is C19H19F3N4O. The molecule has 1 aromatic carbocycles. The number of fused-ring (bicyclic) bond motifs is 1. The summed E-state index contributed by atoms with van der Waals surface area (Å²) in [7, 11) is 0. The third-order valence-electron chi connectivity index (χ3n) is 4.29. The molecule has 2 aromatic heterocycles. The summed E-state index contributed by atoms with van der Waals surface area (Å²) in [6, 6.07) is 5.48. The topological polar surface area (TPSA) is 59.8 Å². The van der Waals surface area contributed by atoms with E-state index in [1.54, 1.807) is 23.9 Å². The highest BCUT2D eigenvalue weighted by Gasteiger charge is 2.32. The van der Waals surface area contributed by atoms with Crippen LogP contribution in [-0.2, 0) is 6.18 Å². The monoisotopic (exact) mass is 376 g/mol. The molecule has 1 N–H and O–H groups in total. The van der Waals surface area contributed by atoms with Crippen molar-refractivity contribution in [1.29, 1.82) is 0 Å². The van der Waals surface area contributed by atoms with Crippen molar-refractivity contribution >= 4 is 22.6 Å². The number of aromatic nitrogens is 3. The van der Waals surface area contributed by atoms with Gasteiger partial charge in [-0.05, 0) is 51.5 Å². The second-order valence-corrected chi connectivity index (χ2v) is 6.70. The van der Waals surface area contributed by atoms with E-state index in [9.17, 15) is 18.0 Å². The van der Waals surface area contributed by atoms with Crippen molar-refractivity contribution in [2.75, 3.05) is 5.32 Å². The second kappa shape index (κ2) is 6.68. The van der Waals surface area contributed by atoms with Crippen molar-refractivity contribution in [2.24, 2.45) is 0 Å². The van der Waals surface area contributed by atoms with Gasteiger partial charge < -0.3 is 5.32 Å². The minimum Gasteiger partial charge on any atom is -0.322 e. The van der Waals surface area contributed by atoms with Crippen LogP contribution in [0.3, 0.4) is 0 Å². The molecule has 2 heterocycles. The van der Waals surface area contributed by atoms with Crippen LogP contribution in [-0.4, -0.2) is 20.7 Å². The van der Waals surface area contributed by atoms with Crippen molar-refractivity contribution in [2.45, 2.75) is 39.9 Å². The molecule has 27 heavy (non-hydrogen) atoms. The van der Waals surface area contributed by atoms with Crippen LogP contribution in [0.4, 0.5) is 18.9 Å². The molecule has 0 atom stereocenters. The fourth-order valence-electron chi connectivity index (χ4n) is 2.88. The molecule has 3 aromatic rings. The molecule has 0 unspecified atom stereocenters. The maximum absolute atomic E-state index is 13.1. The molecular weight excluding hydrogens is 357 g/mol. The summed E-state index contributed by atoms with van der Waals surface area (Å²) >= 11 is 0. The maximum atomic E-state index is 13.1. The molecule has 0 saturated carbocycles. The lowest BCUT2D eigenvalue weighted by atomic mass is 10.1. The van der Waals surface area contributed by atoms with E-state index in [0.29, 0.717) is 22.3 Å². The number of aryl methyl sites for hydroxylation is 2. The lowest BCUT2D eigenvalue weighted by molar-refractivity contribution is -0.138. The molecule has 142 valence electrons. The first-order valence-electron chi connectivity index (χ1n) is 8.42. The Morgan fingerprint density at radius 2 is 1.89 bits per heavy atom. The van der Waals surface area contributed by atoms with Crippen LogP contribution in [0, 0.1) is 13.8 Å². The molecule has 0 fully saturated rings. The van der Waals surface area contributed by atoms with E-state index in [-0.39, 0.29) is 17.3 Å². The minimum absolute atomic E-state index is 0.0790. The molecule has 5 nitrogen and oxygen atoms in total. The summed E-state index contributed by atoms with van der Waals surface area (Å²) in [4.78, 5) is 17.1. The zero-order chi connectivity index (χ0) is 19.9. The first-order chi connectivity index (χ1) is 12.6. The van der Waals surface area contributed by atoms with Gasteiger partial charge >= 0.3 is 6.18 Å². The number of nitrogens with zero attached hydrogens (tertiary/aromatic N) is 3. The van der Waals surface area contributed by atoms with Crippen LogP contribution in [0.15, 0.2) is 30.5 Å². The number of rotatable bonds is 3. The van der Waals surface area contributed by atoms with Crippen molar-refractivity contribution in [3.63, 3.8) is 0 Å². The van der Waals surface area contributed by atoms with Crippen LogP contribution in [0.25, 0.3) is 11.0 Å². The second-order valence-electron chi connectivity index (χ2n) is 6.70. The number of anilines is 1. The Balaban J connectivity index is 1.94. The summed E-state index contributed by atoms with van der Waals surface area (Å²) in [6.45, 7) is 7.00. The van der Waals surface area contributed by atoms with E-state index >= 15 is 0 Å². The van der Waals surface area contributed by atoms with Gasteiger partial charge in [-0.3, -0.25) is 4.79 Å². The zero-order valence-electron chi connectivity index (χ0n) is 15.3. The summed E-state index contributed by atoms with van der Waals surface area (Å²) in [6.07, 6.45) is -2.86. The van der Waals surface area contributed by atoms with Gasteiger partial charge in [0.05, 0.1) is 23.0 Å². The van der Waals surface area contributed by atoms with Gasteiger partial charge in [0.2, 0.25) is 0 Å². The normalized spacial score (nSPS) is 12.0. The summed E-state index contributed by atoms with van der Waals surface area (Å²) in [5.74, 6) is -0.517. The van der Waals surface area contributed by atoms with Gasteiger partial charge in [0.25, 0.3) is 5.91 Å². The molecule has 3 rings (SSSR count). The van der Waals surface area contributed by atoms with Crippen molar-refractivity contribution in [3.8, 4) is 0 Å². The van der Waals surface area contributed by atoms with Gasteiger partial charge in [-0.2, -0.15) is 18.3 Å². The average molecular weight is 376 g/mol. The van der Waals surface area contributed by atoms with Crippen LogP contribution < -0.4 is 5.32 Å². The molecule has 8 heteroatoms.